The van der Waals surface area contributed by atoms with Crippen molar-refractivity contribution < 1.29 is 14.1 Å². The lowest BCUT2D eigenvalue weighted by molar-refractivity contribution is -0.385. The standard InChI is InChI=1S/C19H22N4O4/c24-18(12-16-2-1-11-27-16)21-19(7-8-19)14-5-9-22(10-6-14)17-4-3-15(13-20-17)23(25)26/h1-4,11,13-14H,5-10,12H2,(H,21,24). The zero-order valence-electron chi connectivity index (χ0n) is 15.0. The van der Waals surface area contributed by atoms with Gasteiger partial charge in [0.15, 0.2) is 0 Å². The summed E-state index contributed by atoms with van der Waals surface area (Å²) in [7, 11) is 0. The highest BCUT2D eigenvalue weighted by molar-refractivity contribution is 5.79. The summed E-state index contributed by atoms with van der Waals surface area (Å²) in [4.78, 5) is 29.0. The average molecular weight is 370 g/mol. The van der Waals surface area contributed by atoms with E-state index in [0.717, 1.165) is 44.6 Å². The number of anilines is 1. The molecule has 142 valence electrons. The Hall–Kier alpha value is -2.90. The maximum Gasteiger partial charge on any atom is 0.287 e. The first-order valence-electron chi connectivity index (χ1n) is 9.24. The Morgan fingerprint density at radius 3 is 2.67 bits per heavy atom. The normalized spacial score (nSPS) is 18.9. The minimum Gasteiger partial charge on any atom is -0.469 e. The van der Waals surface area contributed by atoms with Gasteiger partial charge in [0.25, 0.3) is 5.69 Å². The second kappa shape index (κ2) is 7.02. The van der Waals surface area contributed by atoms with Crippen LogP contribution in [0.15, 0.2) is 41.1 Å². The zero-order valence-corrected chi connectivity index (χ0v) is 15.0. The molecule has 2 fully saturated rings. The van der Waals surface area contributed by atoms with E-state index in [-0.39, 0.29) is 23.6 Å². The smallest absolute Gasteiger partial charge is 0.287 e. The number of pyridine rings is 1. The molecule has 0 unspecified atom stereocenters. The fraction of sp³-hybridized carbons (Fsp3) is 0.474. The van der Waals surface area contributed by atoms with Crippen molar-refractivity contribution in [3.8, 4) is 0 Å². The number of carbonyl (C=O) groups excluding carboxylic acids is 1. The molecule has 0 radical (unpaired) electrons. The van der Waals surface area contributed by atoms with E-state index in [2.05, 4.69) is 15.2 Å². The van der Waals surface area contributed by atoms with E-state index in [1.807, 2.05) is 6.07 Å². The van der Waals surface area contributed by atoms with Gasteiger partial charge in [-0.15, -0.1) is 0 Å². The monoisotopic (exact) mass is 370 g/mol. The van der Waals surface area contributed by atoms with Crippen molar-refractivity contribution >= 4 is 17.4 Å². The molecule has 2 aliphatic rings. The van der Waals surface area contributed by atoms with Gasteiger partial charge in [-0.05, 0) is 49.8 Å². The molecule has 0 aromatic carbocycles. The number of aromatic nitrogens is 1. The minimum atomic E-state index is -0.439. The van der Waals surface area contributed by atoms with Gasteiger partial charge in [-0.25, -0.2) is 4.98 Å². The SMILES string of the molecule is O=C(Cc1ccco1)NC1(C2CCN(c3ccc([N+](=O)[O-])cn3)CC2)CC1. The number of rotatable bonds is 6. The largest absolute Gasteiger partial charge is 0.469 e. The quantitative estimate of drug-likeness (QED) is 0.620. The van der Waals surface area contributed by atoms with Crippen LogP contribution in [-0.4, -0.2) is 34.4 Å². The average Bonchev–Trinajstić information content (AvgIpc) is 3.27. The van der Waals surface area contributed by atoms with Crippen molar-refractivity contribution in [3.63, 3.8) is 0 Å². The van der Waals surface area contributed by atoms with E-state index < -0.39 is 4.92 Å². The van der Waals surface area contributed by atoms with Gasteiger partial charge in [0.1, 0.15) is 17.8 Å². The molecule has 1 N–H and O–H groups in total. The van der Waals surface area contributed by atoms with Crippen LogP contribution in [0.25, 0.3) is 0 Å². The Morgan fingerprint density at radius 2 is 2.11 bits per heavy atom. The highest BCUT2D eigenvalue weighted by Gasteiger charge is 2.50. The maximum absolute atomic E-state index is 12.3. The molecule has 1 amide bonds. The highest BCUT2D eigenvalue weighted by Crippen LogP contribution is 2.47. The third-order valence-corrected chi connectivity index (χ3v) is 5.64. The van der Waals surface area contributed by atoms with E-state index in [1.54, 1.807) is 18.4 Å². The second-order valence-corrected chi connectivity index (χ2v) is 7.35. The van der Waals surface area contributed by atoms with Gasteiger partial charge in [-0.1, -0.05) is 0 Å². The van der Waals surface area contributed by atoms with Gasteiger partial charge in [-0.2, -0.15) is 0 Å². The predicted molar refractivity (Wildman–Crippen MR) is 98.3 cm³/mol. The summed E-state index contributed by atoms with van der Waals surface area (Å²) in [5, 5.41) is 14.0. The van der Waals surface area contributed by atoms with Gasteiger partial charge in [-0.3, -0.25) is 14.9 Å². The van der Waals surface area contributed by atoms with Crippen molar-refractivity contribution in [1.82, 2.24) is 10.3 Å². The second-order valence-electron chi connectivity index (χ2n) is 7.35. The van der Waals surface area contributed by atoms with Crippen LogP contribution in [-0.2, 0) is 11.2 Å². The molecule has 3 heterocycles. The summed E-state index contributed by atoms with van der Waals surface area (Å²) in [5.41, 5.74) is -0.0663. The van der Waals surface area contributed by atoms with Gasteiger partial charge in [0, 0.05) is 24.7 Å². The number of nitrogens with zero attached hydrogens (tertiary/aromatic N) is 3. The van der Waals surface area contributed by atoms with E-state index >= 15 is 0 Å². The Labute approximate surface area is 156 Å². The molecule has 0 bridgehead atoms. The van der Waals surface area contributed by atoms with E-state index in [9.17, 15) is 14.9 Å². The number of nitro groups is 1. The molecule has 1 saturated heterocycles. The molecule has 2 aromatic heterocycles. The summed E-state index contributed by atoms with van der Waals surface area (Å²) in [6.45, 7) is 1.68. The number of furan rings is 1. The molecular formula is C19H22N4O4. The first-order chi connectivity index (χ1) is 13.1. The lowest BCUT2D eigenvalue weighted by atomic mass is 9.87. The number of hydrogen-bond acceptors (Lipinski definition) is 6. The Kier molecular flexibility index (Phi) is 4.55. The molecule has 27 heavy (non-hydrogen) atoms. The van der Waals surface area contributed by atoms with Gasteiger partial charge >= 0.3 is 0 Å². The van der Waals surface area contributed by atoms with Gasteiger partial charge in [0.05, 0.1) is 17.6 Å². The first-order valence-corrected chi connectivity index (χ1v) is 9.24. The van der Waals surface area contributed by atoms with Crippen molar-refractivity contribution in [2.24, 2.45) is 5.92 Å². The van der Waals surface area contributed by atoms with E-state index in [0.29, 0.717) is 11.7 Å². The molecule has 4 rings (SSSR count). The summed E-state index contributed by atoms with van der Waals surface area (Å²) >= 11 is 0. The molecule has 1 aliphatic heterocycles. The van der Waals surface area contributed by atoms with Crippen molar-refractivity contribution in [2.75, 3.05) is 18.0 Å². The number of hydrogen-bond donors (Lipinski definition) is 1. The lowest BCUT2D eigenvalue weighted by Gasteiger charge is -2.37. The number of nitrogens with one attached hydrogen (secondary N) is 1. The molecule has 1 saturated carbocycles. The number of piperidine rings is 1. The Morgan fingerprint density at radius 1 is 1.33 bits per heavy atom. The van der Waals surface area contributed by atoms with Crippen LogP contribution < -0.4 is 10.2 Å². The fourth-order valence-electron chi connectivity index (χ4n) is 4.00. The third-order valence-electron chi connectivity index (χ3n) is 5.64. The number of carbonyl (C=O) groups is 1. The molecule has 1 aliphatic carbocycles. The van der Waals surface area contributed by atoms with Crippen molar-refractivity contribution in [3.05, 3.63) is 52.6 Å². The zero-order chi connectivity index (χ0) is 18.9. The Balaban J connectivity index is 1.32. The fourth-order valence-corrected chi connectivity index (χ4v) is 4.00. The summed E-state index contributed by atoms with van der Waals surface area (Å²) in [6.07, 6.45) is 7.16. The first kappa shape index (κ1) is 17.5. The topological polar surface area (TPSA) is 102 Å². The minimum absolute atomic E-state index is 0.00448. The van der Waals surface area contributed by atoms with Crippen LogP contribution in [0, 0.1) is 16.0 Å². The molecular weight excluding hydrogens is 348 g/mol. The molecule has 2 aromatic rings. The van der Waals surface area contributed by atoms with Crippen LogP contribution in [0.2, 0.25) is 0 Å². The van der Waals surface area contributed by atoms with Crippen LogP contribution in [0.4, 0.5) is 11.5 Å². The Bertz CT molecular complexity index is 807. The predicted octanol–water partition coefficient (Wildman–Crippen LogP) is 2.69. The summed E-state index contributed by atoms with van der Waals surface area (Å²) in [6, 6.07) is 6.80. The molecule has 0 spiro atoms. The highest BCUT2D eigenvalue weighted by atomic mass is 16.6. The molecule has 8 nitrogen and oxygen atoms in total. The van der Waals surface area contributed by atoms with E-state index in [4.69, 9.17) is 4.42 Å². The summed E-state index contributed by atoms with van der Waals surface area (Å²) < 4.78 is 5.25. The van der Waals surface area contributed by atoms with E-state index in [1.165, 1.54) is 12.3 Å². The number of amides is 1. The molecule has 0 atom stereocenters. The maximum atomic E-state index is 12.3. The van der Waals surface area contributed by atoms with Gasteiger partial charge in [0.2, 0.25) is 5.91 Å². The van der Waals surface area contributed by atoms with Crippen LogP contribution in [0.1, 0.15) is 31.4 Å². The lowest BCUT2D eigenvalue weighted by Crippen LogP contribution is -2.47. The van der Waals surface area contributed by atoms with Crippen LogP contribution in [0.5, 0.6) is 0 Å². The van der Waals surface area contributed by atoms with Crippen molar-refractivity contribution in [1.29, 1.82) is 0 Å². The summed E-state index contributed by atoms with van der Waals surface area (Å²) in [5.74, 6) is 1.92. The van der Waals surface area contributed by atoms with Crippen molar-refractivity contribution in [2.45, 2.75) is 37.6 Å². The van der Waals surface area contributed by atoms with Crippen LogP contribution >= 0.6 is 0 Å². The van der Waals surface area contributed by atoms with Crippen LogP contribution in [0.3, 0.4) is 0 Å². The van der Waals surface area contributed by atoms with Gasteiger partial charge < -0.3 is 14.6 Å². The third kappa shape index (κ3) is 3.79. The molecule has 8 heteroatoms.